The van der Waals surface area contributed by atoms with E-state index in [0.717, 1.165) is 5.69 Å². The number of aromatic nitrogens is 7. The van der Waals surface area contributed by atoms with Crippen LogP contribution in [0.3, 0.4) is 0 Å². The quantitative estimate of drug-likeness (QED) is 0.252. The first kappa shape index (κ1) is 43.7. The van der Waals surface area contributed by atoms with Gasteiger partial charge in [-0.05, 0) is 98.6 Å². The first-order chi connectivity index (χ1) is 19.4. The van der Waals surface area contributed by atoms with Crippen LogP contribution in [0.25, 0.3) is 0 Å². The Bertz CT molecular complexity index is 1050. The minimum Gasteiger partial charge on any atom is -0.268 e. The highest BCUT2D eigenvalue weighted by atomic mass is 15.5. The molecular formula is C37H73N7. The van der Waals surface area contributed by atoms with Gasteiger partial charge >= 0.3 is 0 Å². The van der Waals surface area contributed by atoms with Gasteiger partial charge in [-0.15, -0.1) is 5.10 Å². The maximum Gasteiger partial charge on any atom is 0.0909 e. The van der Waals surface area contributed by atoms with Crippen molar-refractivity contribution in [3.8, 4) is 0 Å². The van der Waals surface area contributed by atoms with Crippen LogP contribution in [0, 0.1) is 19.3 Å². The molecule has 0 aliphatic rings. The van der Waals surface area contributed by atoms with Gasteiger partial charge in [0.1, 0.15) is 0 Å². The highest BCUT2D eigenvalue weighted by Crippen LogP contribution is 2.28. The first-order valence-electron chi connectivity index (χ1n) is 16.4. The van der Waals surface area contributed by atoms with Crippen LogP contribution in [0.5, 0.6) is 0 Å². The Balaban J connectivity index is 0. The van der Waals surface area contributed by atoms with Crippen LogP contribution in [0.15, 0.2) is 24.7 Å². The molecule has 0 unspecified atom stereocenters. The summed E-state index contributed by atoms with van der Waals surface area (Å²) in [6.45, 7) is 49.5. The van der Waals surface area contributed by atoms with Crippen molar-refractivity contribution >= 4 is 0 Å². The Morgan fingerprint density at radius 1 is 0.545 bits per heavy atom. The maximum atomic E-state index is 4.47. The summed E-state index contributed by atoms with van der Waals surface area (Å²) in [4.78, 5) is 0. The normalized spacial score (nSPS) is 12.4. The van der Waals surface area contributed by atoms with E-state index >= 15 is 0 Å². The molecule has 3 heterocycles. The molecule has 0 saturated heterocycles. The predicted octanol–water partition coefficient (Wildman–Crippen LogP) is 10.6. The molecule has 7 nitrogen and oxygen atoms in total. The molecule has 3 aromatic heterocycles. The fourth-order valence-corrected chi connectivity index (χ4v) is 4.15. The molecule has 256 valence electrons. The lowest BCUT2D eigenvalue weighted by Gasteiger charge is -2.24. The molecule has 0 radical (unpaired) electrons. The van der Waals surface area contributed by atoms with Crippen molar-refractivity contribution in [3.63, 3.8) is 0 Å². The van der Waals surface area contributed by atoms with E-state index in [2.05, 4.69) is 171 Å². The molecule has 0 atom stereocenters. The molecule has 3 aromatic rings. The third-order valence-electron chi connectivity index (χ3n) is 5.89. The van der Waals surface area contributed by atoms with E-state index in [4.69, 9.17) is 0 Å². The first-order valence-corrected chi connectivity index (χ1v) is 16.4. The zero-order valence-corrected chi connectivity index (χ0v) is 33.4. The molecule has 0 spiro atoms. The summed E-state index contributed by atoms with van der Waals surface area (Å²) in [6.07, 6.45) is 5.77. The van der Waals surface area contributed by atoms with E-state index in [-0.39, 0.29) is 27.4 Å². The average Bonchev–Trinajstić information content (AvgIpc) is 3.51. The second kappa shape index (κ2) is 16.2. The second-order valence-electron chi connectivity index (χ2n) is 18.0. The van der Waals surface area contributed by atoms with E-state index in [1.807, 2.05) is 41.7 Å². The largest absolute Gasteiger partial charge is 0.268 e. The van der Waals surface area contributed by atoms with Crippen molar-refractivity contribution in [3.05, 3.63) is 47.3 Å². The molecule has 3 rings (SSSR count). The lowest BCUT2D eigenvalue weighted by atomic mass is 9.87. The highest BCUT2D eigenvalue weighted by molar-refractivity contribution is 5.25. The van der Waals surface area contributed by atoms with Crippen LogP contribution in [0.4, 0.5) is 0 Å². The third kappa shape index (κ3) is 16.0. The number of hydrogen-bond donors (Lipinski definition) is 0. The van der Waals surface area contributed by atoms with Gasteiger partial charge in [0.15, 0.2) is 0 Å². The van der Waals surface area contributed by atoms with Gasteiger partial charge in [-0.25, -0.2) is 4.68 Å². The van der Waals surface area contributed by atoms with Crippen LogP contribution in [-0.2, 0) is 27.4 Å². The molecule has 0 saturated carbocycles. The summed E-state index contributed by atoms with van der Waals surface area (Å²) in [6, 6.07) is 1.94. The van der Waals surface area contributed by atoms with E-state index in [0.29, 0.717) is 5.41 Å². The van der Waals surface area contributed by atoms with Crippen molar-refractivity contribution in [1.82, 2.24) is 34.6 Å². The fourth-order valence-electron chi connectivity index (χ4n) is 4.15. The summed E-state index contributed by atoms with van der Waals surface area (Å²) in [5.74, 6) is 0. The fraction of sp³-hybridized carbons (Fsp3) is 0.784. The topological polar surface area (TPSA) is 66.3 Å². The van der Waals surface area contributed by atoms with Gasteiger partial charge in [0.25, 0.3) is 0 Å². The molecule has 44 heavy (non-hydrogen) atoms. The maximum absolute atomic E-state index is 4.47. The van der Waals surface area contributed by atoms with Crippen molar-refractivity contribution in [1.29, 1.82) is 0 Å². The van der Waals surface area contributed by atoms with Gasteiger partial charge in [0.05, 0.1) is 34.2 Å². The monoisotopic (exact) mass is 616 g/mol. The Kier molecular flexibility index (Phi) is 16.1. The molecule has 7 heteroatoms. The zero-order chi connectivity index (χ0) is 35.7. The molecule has 0 bridgehead atoms. The number of hydrogen-bond acceptors (Lipinski definition) is 4. The molecule has 0 N–H and O–H groups in total. The summed E-state index contributed by atoms with van der Waals surface area (Å²) in [5.41, 5.74) is 5.87. The van der Waals surface area contributed by atoms with Gasteiger partial charge in [0, 0.05) is 23.5 Å². The molecular weight excluding hydrogens is 542 g/mol. The van der Waals surface area contributed by atoms with Gasteiger partial charge in [-0.3, -0.25) is 9.36 Å². The number of nitrogens with zero attached hydrogens (tertiary/aromatic N) is 7. The predicted molar refractivity (Wildman–Crippen MR) is 193 cm³/mol. The Morgan fingerprint density at radius 3 is 1.16 bits per heavy atom. The van der Waals surface area contributed by atoms with Crippen molar-refractivity contribution < 1.29 is 0 Å². The lowest BCUT2D eigenvalue weighted by Crippen LogP contribution is -2.25. The summed E-state index contributed by atoms with van der Waals surface area (Å²) >= 11 is 0. The van der Waals surface area contributed by atoms with Crippen molar-refractivity contribution in [2.24, 2.45) is 5.41 Å². The molecule has 0 aliphatic heterocycles. The Hall–Kier alpha value is -2.44. The van der Waals surface area contributed by atoms with E-state index in [1.165, 1.54) is 17.0 Å². The van der Waals surface area contributed by atoms with Gasteiger partial charge in [-0.1, -0.05) is 88.3 Å². The summed E-state index contributed by atoms with van der Waals surface area (Å²) < 4.78 is 6.04. The zero-order valence-electron chi connectivity index (χ0n) is 33.4. The van der Waals surface area contributed by atoms with E-state index in [9.17, 15) is 0 Å². The molecule has 0 fully saturated rings. The third-order valence-corrected chi connectivity index (χ3v) is 5.89. The van der Waals surface area contributed by atoms with Crippen LogP contribution in [0.2, 0.25) is 0 Å². The smallest absolute Gasteiger partial charge is 0.0909 e. The average molecular weight is 616 g/mol. The molecule has 0 aliphatic carbocycles. The minimum atomic E-state index is 0.0145. The van der Waals surface area contributed by atoms with Crippen LogP contribution < -0.4 is 0 Å². The lowest BCUT2D eigenvalue weighted by molar-refractivity contribution is 0.339. The van der Waals surface area contributed by atoms with Crippen LogP contribution in [0.1, 0.15) is 168 Å². The van der Waals surface area contributed by atoms with Gasteiger partial charge < -0.3 is 0 Å². The minimum absolute atomic E-state index is 0.0145. The SMILES string of the molecule is CC.CC(C)(C)C.CC(C)(C)n1cccn1.Cc1c(C(C)(C)C)cnn1C(C)(C)C.Cc1c(C(C)(C)C)nnn1C(C)(C)C. The summed E-state index contributed by atoms with van der Waals surface area (Å²) in [7, 11) is 0. The number of rotatable bonds is 0. The van der Waals surface area contributed by atoms with Crippen molar-refractivity contribution in [2.75, 3.05) is 0 Å². The van der Waals surface area contributed by atoms with Crippen LogP contribution in [-0.4, -0.2) is 34.6 Å². The summed E-state index contributed by atoms with van der Waals surface area (Å²) in [5, 5.41) is 17.1. The van der Waals surface area contributed by atoms with Gasteiger partial charge in [0.2, 0.25) is 0 Å². The molecule has 0 amide bonds. The van der Waals surface area contributed by atoms with Crippen LogP contribution >= 0.6 is 0 Å². The van der Waals surface area contributed by atoms with Crippen molar-refractivity contribution in [2.45, 2.75) is 187 Å². The van der Waals surface area contributed by atoms with E-state index in [1.54, 1.807) is 6.20 Å². The Labute approximate surface area is 273 Å². The highest BCUT2D eigenvalue weighted by Gasteiger charge is 2.26. The van der Waals surface area contributed by atoms with Gasteiger partial charge in [-0.2, -0.15) is 10.2 Å². The van der Waals surface area contributed by atoms with E-state index < -0.39 is 0 Å². The Morgan fingerprint density at radius 2 is 0.977 bits per heavy atom. The molecule has 0 aromatic carbocycles. The second-order valence-corrected chi connectivity index (χ2v) is 18.0. The standard InChI is InChI=1S/C12H22N2.C11H21N3.C7H12N2.C5H12.C2H6/c1-9-10(11(2,3)4)8-13-14(9)12(5,6)7;1-8-9(10(2,3)4)12-13-14(8)11(5,6)7;1-7(2,3)9-6-4-5-8-9;1-5(2,3)4;1-2/h8H,1-7H3;1-7H3;4-6H,1-3H3;1-4H3;1-2H3.